The van der Waals surface area contributed by atoms with Crippen LogP contribution in [0, 0.1) is 5.82 Å². The molecule has 0 saturated carbocycles. The number of sulfonamides is 1. The second-order valence-corrected chi connectivity index (χ2v) is 8.47. The third kappa shape index (κ3) is 4.90. The fraction of sp³-hybridized carbons (Fsp3) is 0.0952. The molecule has 6 nitrogen and oxygen atoms in total. The lowest BCUT2D eigenvalue weighted by Crippen LogP contribution is -2.15. The molecule has 0 fully saturated rings. The Kier molecular flexibility index (Phi) is 6.28. The van der Waals surface area contributed by atoms with Crippen molar-refractivity contribution < 1.29 is 27.4 Å². The number of halogens is 2. The average Bonchev–Trinajstić information content (AvgIpc) is 2.69. The minimum absolute atomic E-state index is 0.0975. The van der Waals surface area contributed by atoms with Crippen molar-refractivity contribution in [3.05, 3.63) is 88.7 Å². The Morgan fingerprint density at radius 2 is 1.77 bits per heavy atom. The van der Waals surface area contributed by atoms with E-state index in [2.05, 4.69) is 4.72 Å². The fourth-order valence-corrected chi connectivity index (χ4v) is 4.01. The molecule has 30 heavy (non-hydrogen) atoms. The molecule has 2 N–H and O–H groups in total. The van der Waals surface area contributed by atoms with E-state index < -0.39 is 27.9 Å². The van der Waals surface area contributed by atoms with Gasteiger partial charge in [0.25, 0.3) is 10.0 Å². The molecule has 0 aliphatic heterocycles. The Bertz CT molecular complexity index is 1180. The van der Waals surface area contributed by atoms with E-state index in [9.17, 15) is 22.7 Å². The van der Waals surface area contributed by atoms with Gasteiger partial charge in [-0.1, -0.05) is 29.8 Å². The van der Waals surface area contributed by atoms with Crippen molar-refractivity contribution in [2.75, 3.05) is 4.72 Å². The molecule has 0 amide bonds. The lowest BCUT2D eigenvalue weighted by molar-refractivity contribution is 0.0698. The van der Waals surface area contributed by atoms with Gasteiger partial charge in [-0.05, 0) is 55.5 Å². The highest BCUT2D eigenvalue weighted by atomic mass is 35.5. The van der Waals surface area contributed by atoms with Crippen molar-refractivity contribution >= 4 is 33.3 Å². The second-order valence-electron chi connectivity index (χ2n) is 6.35. The van der Waals surface area contributed by atoms with Crippen LogP contribution in [-0.2, 0) is 10.0 Å². The Morgan fingerprint density at radius 1 is 1.10 bits per heavy atom. The highest BCUT2D eigenvalue weighted by molar-refractivity contribution is 7.92. The summed E-state index contributed by atoms with van der Waals surface area (Å²) in [6.07, 6.45) is -0.584. The van der Waals surface area contributed by atoms with Gasteiger partial charge in [-0.15, -0.1) is 0 Å². The third-order valence-electron chi connectivity index (χ3n) is 4.25. The zero-order valence-corrected chi connectivity index (χ0v) is 17.2. The summed E-state index contributed by atoms with van der Waals surface area (Å²) in [6, 6.07) is 15.5. The van der Waals surface area contributed by atoms with Crippen LogP contribution in [0.2, 0.25) is 5.02 Å². The third-order valence-corrected chi connectivity index (χ3v) is 5.86. The molecule has 3 aromatic carbocycles. The SMILES string of the molecule is C[C@@H](Oc1ccc(S(=O)(=O)Nc2ccc(Cl)cc2C(=O)O)cc1)c1ccccc1F. The fourth-order valence-electron chi connectivity index (χ4n) is 2.76. The predicted molar refractivity (Wildman–Crippen MR) is 111 cm³/mol. The van der Waals surface area contributed by atoms with E-state index >= 15 is 0 Å². The number of anilines is 1. The molecule has 0 heterocycles. The zero-order valence-electron chi connectivity index (χ0n) is 15.7. The number of aromatic carboxylic acids is 1. The largest absolute Gasteiger partial charge is 0.486 e. The van der Waals surface area contributed by atoms with E-state index in [1.54, 1.807) is 25.1 Å². The quantitative estimate of drug-likeness (QED) is 0.522. The topological polar surface area (TPSA) is 92.7 Å². The Balaban J connectivity index is 1.79. The van der Waals surface area contributed by atoms with Gasteiger partial charge in [-0.3, -0.25) is 4.72 Å². The minimum atomic E-state index is -4.06. The number of carboxylic acids is 1. The van der Waals surface area contributed by atoms with Crippen molar-refractivity contribution in [2.45, 2.75) is 17.9 Å². The maximum Gasteiger partial charge on any atom is 0.337 e. The van der Waals surface area contributed by atoms with E-state index in [0.29, 0.717) is 11.3 Å². The van der Waals surface area contributed by atoms with Gasteiger partial charge in [0, 0.05) is 10.6 Å². The minimum Gasteiger partial charge on any atom is -0.486 e. The number of hydrogen-bond donors (Lipinski definition) is 2. The van der Waals surface area contributed by atoms with E-state index in [4.69, 9.17) is 16.3 Å². The van der Waals surface area contributed by atoms with Gasteiger partial charge in [0.15, 0.2) is 0 Å². The summed E-state index contributed by atoms with van der Waals surface area (Å²) in [5, 5.41) is 9.42. The summed E-state index contributed by atoms with van der Waals surface area (Å²) < 4.78 is 47.1. The highest BCUT2D eigenvalue weighted by Gasteiger charge is 2.19. The first-order valence-corrected chi connectivity index (χ1v) is 10.6. The average molecular weight is 450 g/mol. The summed E-state index contributed by atoms with van der Waals surface area (Å²) in [4.78, 5) is 11.3. The summed E-state index contributed by atoms with van der Waals surface area (Å²) in [6.45, 7) is 1.68. The molecule has 0 aliphatic rings. The molecule has 0 spiro atoms. The van der Waals surface area contributed by atoms with Crippen LogP contribution in [0.5, 0.6) is 5.75 Å². The van der Waals surface area contributed by atoms with Crippen LogP contribution >= 0.6 is 11.6 Å². The molecule has 0 aromatic heterocycles. The monoisotopic (exact) mass is 449 g/mol. The number of carbonyl (C=O) groups is 1. The standard InChI is InChI=1S/C21H17ClFNO5S/c1-13(17-4-2-3-5-19(17)23)29-15-7-9-16(10-8-15)30(27,28)24-20-11-6-14(22)12-18(20)21(25)26/h2-13,24H,1H3,(H,25,26)/t13-/m1/s1. The Morgan fingerprint density at radius 3 is 2.40 bits per heavy atom. The van der Waals surface area contributed by atoms with E-state index in [0.717, 1.165) is 6.07 Å². The van der Waals surface area contributed by atoms with Crippen LogP contribution in [0.4, 0.5) is 10.1 Å². The summed E-state index contributed by atoms with van der Waals surface area (Å²) in [5.41, 5.74) is -0.00931. The first-order chi connectivity index (χ1) is 14.2. The first kappa shape index (κ1) is 21.6. The van der Waals surface area contributed by atoms with Gasteiger partial charge < -0.3 is 9.84 Å². The van der Waals surface area contributed by atoms with Gasteiger partial charge >= 0.3 is 5.97 Å². The maximum atomic E-state index is 13.9. The number of carboxylic acid groups (broad SMARTS) is 1. The first-order valence-electron chi connectivity index (χ1n) is 8.74. The molecule has 0 radical (unpaired) electrons. The number of rotatable bonds is 7. The molecule has 1 atom stereocenters. The smallest absolute Gasteiger partial charge is 0.337 e. The molecule has 3 aromatic rings. The summed E-state index contributed by atoms with van der Waals surface area (Å²) in [5.74, 6) is -1.37. The molecule has 0 bridgehead atoms. The molecule has 0 saturated heterocycles. The normalized spacial score (nSPS) is 12.2. The predicted octanol–water partition coefficient (Wildman–Crippen LogP) is 5.12. The van der Waals surface area contributed by atoms with Crippen LogP contribution in [-0.4, -0.2) is 19.5 Å². The van der Waals surface area contributed by atoms with E-state index in [1.807, 2.05) is 0 Å². The molecule has 9 heteroatoms. The summed E-state index contributed by atoms with van der Waals surface area (Å²) in [7, 11) is -4.06. The van der Waals surface area contributed by atoms with Crippen LogP contribution in [0.25, 0.3) is 0 Å². The molecule has 0 aliphatic carbocycles. The number of hydrogen-bond acceptors (Lipinski definition) is 4. The van der Waals surface area contributed by atoms with Gasteiger partial charge in [-0.2, -0.15) is 0 Å². The lowest BCUT2D eigenvalue weighted by atomic mass is 10.1. The van der Waals surface area contributed by atoms with Gasteiger partial charge in [0.05, 0.1) is 16.1 Å². The Hall–Kier alpha value is -3.10. The lowest BCUT2D eigenvalue weighted by Gasteiger charge is -2.16. The molecule has 3 rings (SSSR count). The zero-order chi connectivity index (χ0) is 21.9. The van der Waals surface area contributed by atoms with Crippen molar-refractivity contribution in [1.29, 1.82) is 0 Å². The molecular formula is C21H17ClFNO5S. The van der Waals surface area contributed by atoms with Gasteiger partial charge in [0.2, 0.25) is 0 Å². The van der Waals surface area contributed by atoms with Gasteiger partial charge in [-0.25, -0.2) is 17.6 Å². The van der Waals surface area contributed by atoms with Gasteiger partial charge in [0.1, 0.15) is 17.7 Å². The number of ether oxygens (including phenoxy) is 1. The van der Waals surface area contributed by atoms with Crippen LogP contribution in [0.15, 0.2) is 71.6 Å². The van der Waals surface area contributed by atoms with Crippen molar-refractivity contribution in [2.24, 2.45) is 0 Å². The van der Waals surface area contributed by atoms with Crippen LogP contribution < -0.4 is 9.46 Å². The van der Waals surface area contributed by atoms with Crippen molar-refractivity contribution in [1.82, 2.24) is 0 Å². The molecule has 0 unspecified atom stereocenters. The van der Waals surface area contributed by atoms with Crippen LogP contribution in [0.1, 0.15) is 28.9 Å². The summed E-state index contributed by atoms with van der Waals surface area (Å²) >= 11 is 5.78. The van der Waals surface area contributed by atoms with Crippen molar-refractivity contribution in [3.8, 4) is 5.75 Å². The Labute approximate surface area is 177 Å². The van der Waals surface area contributed by atoms with E-state index in [-0.39, 0.29) is 21.2 Å². The van der Waals surface area contributed by atoms with E-state index in [1.165, 1.54) is 42.5 Å². The number of benzene rings is 3. The van der Waals surface area contributed by atoms with Crippen LogP contribution in [0.3, 0.4) is 0 Å². The highest BCUT2D eigenvalue weighted by Crippen LogP contribution is 2.27. The maximum absolute atomic E-state index is 13.9. The second kappa shape index (κ2) is 8.73. The number of nitrogens with one attached hydrogen (secondary N) is 1. The molecule has 156 valence electrons. The molecular weight excluding hydrogens is 433 g/mol. The van der Waals surface area contributed by atoms with Crippen molar-refractivity contribution in [3.63, 3.8) is 0 Å².